The zero-order valence-electron chi connectivity index (χ0n) is 15.7. The molecule has 0 aromatic heterocycles. The SMILES string of the molecule is CC(C)(C)OC(=O)NC1CNC(=O)CC1NNC(=O)OCc1ccccc1. The van der Waals surface area contributed by atoms with Gasteiger partial charge >= 0.3 is 12.2 Å². The maximum absolute atomic E-state index is 12.0. The minimum absolute atomic E-state index is 0.0828. The van der Waals surface area contributed by atoms with Crippen LogP contribution in [0.4, 0.5) is 9.59 Å². The van der Waals surface area contributed by atoms with Crippen LogP contribution in [0.3, 0.4) is 0 Å². The lowest BCUT2D eigenvalue weighted by molar-refractivity contribution is -0.123. The fourth-order valence-corrected chi connectivity index (χ4v) is 2.45. The Morgan fingerprint density at radius 2 is 1.85 bits per heavy atom. The van der Waals surface area contributed by atoms with E-state index in [1.165, 1.54) is 0 Å². The van der Waals surface area contributed by atoms with E-state index in [9.17, 15) is 14.4 Å². The van der Waals surface area contributed by atoms with E-state index in [1.807, 2.05) is 30.3 Å². The van der Waals surface area contributed by atoms with Crippen LogP contribution in [0.5, 0.6) is 0 Å². The van der Waals surface area contributed by atoms with Gasteiger partial charge in [0, 0.05) is 13.0 Å². The van der Waals surface area contributed by atoms with E-state index in [1.54, 1.807) is 20.8 Å². The summed E-state index contributed by atoms with van der Waals surface area (Å²) in [6.45, 7) is 5.62. The number of hydrogen-bond acceptors (Lipinski definition) is 6. The summed E-state index contributed by atoms with van der Waals surface area (Å²) < 4.78 is 10.3. The molecule has 0 radical (unpaired) electrons. The van der Waals surface area contributed by atoms with E-state index in [0.29, 0.717) is 0 Å². The van der Waals surface area contributed by atoms with Gasteiger partial charge in [-0.15, -0.1) is 0 Å². The number of benzene rings is 1. The van der Waals surface area contributed by atoms with Gasteiger partial charge in [0.05, 0.1) is 12.1 Å². The smallest absolute Gasteiger partial charge is 0.421 e. The summed E-state index contributed by atoms with van der Waals surface area (Å²) >= 11 is 0. The molecule has 0 spiro atoms. The minimum atomic E-state index is -0.680. The lowest BCUT2D eigenvalue weighted by Gasteiger charge is -2.33. The highest BCUT2D eigenvalue weighted by atomic mass is 16.6. The van der Waals surface area contributed by atoms with Crippen molar-refractivity contribution in [3.8, 4) is 0 Å². The standard InChI is InChI=1S/C18H26N4O5/c1-18(2,3)27-16(24)20-14-10-19-15(23)9-13(14)21-22-17(25)26-11-12-7-5-4-6-8-12/h4-8,13-14,21H,9-11H2,1-3H3,(H,19,23)(H,20,24)(H,22,25). The third-order valence-corrected chi connectivity index (χ3v) is 3.68. The van der Waals surface area contributed by atoms with Crippen molar-refractivity contribution in [3.63, 3.8) is 0 Å². The van der Waals surface area contributed by atoms with Crippen LogP contribution in [0.25, 0.3) is 0 Å². The van der Waals surface area contributed by atoms with Gasteiger partial charge in [0.25, 0.3) is 0 Å². The summed E-state index contributed by atoms with van der Waals surface area (Å²) in [5.41, 5.74) is 5.38. The number of hydrazine groups is 1. The quantitative estimate of drug-likeness (QED) is 0.572. The molecule has 1 fully saturated rings. The number of alkyl carbamates (subject to hydrolysis) is 1. The van der Waals surface area contributed by atoms with E-state index in [-0.39, 0.29) is 25.5 Å². The zero-order chi connectivity index (χ0) is 19.9. The van der Waals surface area contributed by atoms with Crippen LogP contribution >= 0.6 is 0 Å². The molecule has 27 heavy (non-hydrogen) atoms. The third kappa shape index (κ3) is 7.53. The molecule has 1 heterocycles. The molecule has 1 saturated heterocycles. The van der Waals surface area contributed by atoms with Gasteiger partial charge in [-0.25, -0.2) is 15.0 Å². The highest BCUT2D eigenvalue weighted by Gasteiger charge is 2.32. The van der Waals surface area contributed by atoms with Gasteiger partial charge in [-0.05, 0) is 26.3 Å². The monoisotopic (exact) mass is 378 g/mol. The molecule has 9 nitrogen and oxygen atoms in total. The Hall–Kier alpha value is -2.81. The fourth-order valence-electron chi connectivity index (χ4n) is 2.45. The number of rotatable bonds is 5. The Kier molecular flexibility index (Phi) is 7.00. The number of carbonyl (C=O) groups is 3. The summed E-state index contributed by atoms with van der Waals surface area (Å²) in [6.07, 6.45) is -1.19. The first kappa shape index (κ1) is 20.5. The van der Waals surface area contributed by atoms with Crippen molar-refractivity contribution in [2.75, 3.05) is 6.54 Å². The van der Waals surface area contributed by atoms with Crippen LogP contribution in [-0.2, 0) is 20.9 Å². The molecule has 1 aromatic rings. The lowest BCUT2D eigenvalue weighted by atomic mass is 10.0. The van der Waals surface area contributed by atoms with Crippen LogP contribution < -0.4 is 21.5 Å². The van der Waals surface area contributed by atoms with Gasteiger partial charge < -0.3 is 20.1 Å². The first-order chi connectivity index (χ1) is 12.7. The van der Waals surface area contributed by atoms with Crippen LogP contribution in [0.15, 0.2) is 30.3 Å². The number of piperidine rings is 1. The molecule has 2 rings (SSSR count). The fraction of sp³-hybridized carbons (Fsp3) is 0.500. The summed E-state index contributed by atoms with van der Waals surface area (Å²) in [7, 11) is 0. The molecule has 0 saturated carbocycles. The van der Waals surface area contributed by atoms with Gasteiger partial charge in [0.15, 0.2) is 0 Å². The summed E-state index contributed by atoms with van der Waals surface area (Å²) in [4.78, 5) is 35.5. The topological polar surface area (TPSA) is 118 Å². The third-order valence-electron chi connectivity index (χ3n) is 3.68. The van der Waals surface area contributed by atoms with Crippen molar-refractivity contribution >= 4 is 18.1 Å². The zero-order valence-corrected chi connectivity index (χ0v) is 15.7. The predicted molar refractivity (Wildman–Crippen MR) is 97.5 cm³/mol. The molecule has 148 valence electrons. The maximum atomic E-state index is 12.0. The molecular formula is C18H26N4O5. The lowest BCUT2D eigenvalue weighted by Crippen LogP contribution is -2.63. The highest BCUT2D eigenvalue weighted by Crippen LogP contribution is 2.09. The second-order valence-corrected chi connectivity index (χ2v) is 7.20. The molecule has 2 atom stereocenters. The van der Waals surface area contributed by atoms with E-state index >= 15 is 0 Å². The van der Waals surface area contributed by atoms with Crippen LogP contribution in [0, 0.1) is 0 Å². The van der Waals surface area contributed by atoms with Gasteiger partial charge in [-0.3, -0.25) is 10.2 Å². The average Bonchev–Trinajstić information content (AvgIpc) is 2.59. The van der Waals surface area contributed by atoms with Gasteiger partial charge in [-0.1, -0.05) is 30.3 Å². The van der Waals surface area contributed by atoms with Crippen LogP contribution in [-0.4, -0.2) is 42.3 Å². The van der Waals surface area contributed by atoms with Crippen molar-refractivity contribution in [1.29, 1.82) is 0 Å². The van der Waals surface area contributed by atoms with Crippen LogP contribution in [0.2, 0.25) is 0 Å². The van der Waals surface area contributed by atoms with Crippen molar-refractivity contribution in [2.45, 2.75) is 51.5 Å². The van der Waals surface area contributed by atoms with Crippen molar-refractivity contribution in [1.82, 2.24) is 21.5 Å². The minimum Gasteiger partial charge on any atom is -0.444 e. The molecule has 2 unspecified atom stereocenters. The highest BCUT2D eigenvalue weighted by molar-refractivity contribution is 5.78. The van der Waals surface area contributed by atoms with Crippen molar-refractivity contribution < 1.29 is 23.9 Å². The summed E-state index contributed by atoms with van der Waals surface area (Å²) in [5.74, 6) is -0.186. The van der Waals surface area contributed by atoms with E-state index in [4.69, 9.17) is 9.47 Å². The first-order valence-corrected chi connectivity index (χ1v) is 8.71. The number of carbonyl (C=O) groups excluding carboxylic acids is 3. The second kappa shape index (κ2) is 9.22. The number of ether oxygens (including phenoxy) is 2. The summed E-state index contributed by atoms with van der Waals surface area (Å²) in [5, 5.41) is 5.37. The van der Waals surface area contributed by atoms with Gasteiger partial charge in [-0.2, -0.15) is 0 Å². The number of hydrogen-bond donors (Lipinski definition) is 4. The number of nitrogens with one attached hydrogen (secondary N) is 4. The largest absolute Gasteiger partial charge is 0.444 e. The average molecular weight is 378 g/mol. The van der Waals surface area contributed by atoms with Gasteiger partial charge in [0.2, 0.25) is 5.91 Å². The second-order valence-electron chi connectivity index (χ2n) is 7.20. The molecule has 4 N–H and O–H groups in total. The van der Waals surface area contributed by atoms with E-state index < -0.39 is 29.9 Å². The first-order valence-electron chi connectivity index (χ1n) is 8.71. The molecule has 3 amide bonds. The van der Waals surface area contributed by atoms with E-state index in [2.05, 4.69) is 21.5 Å². The molecule has 1 aliphatic rings. The Morgan fingerprint density at radius 3 is 2.52 bits per heavy atom. The maximum Gasteiger partial charge on any atom is 0.421 e. The van der Waals surface area contributed by atoms with Gasteiger partial charge in [0.1, 0.15) is 12.2 Å². The Bertz CT molecular complexity index is 659. The van der Waals surface area contributed by atoms with Crippen molar-refractivity contribution in [2.24, 2.45) is 0 Å². The molecular weight excluding hydrogens is 352 g/mol. The Labute approximate surface area is 158 Å². The van der Waals surface area contributed by atoms with E-state index in [0.717, 1.165) is 5.56 Å². The Balaban J connectivity index is 1.82. The molecule has 1 aromatic carbocycles. The molecule has 0 bridgehead atoms. The summed E-state index contributed by atoms with van der Waals surface area (Å²) in [6, 6.07) is 8.30. The normalized spacial score (nSPS) is 19.6. The predicted octanol–water partition coefficient (Wildman–Crippen LogP) is 1.20. The number of amides is 3. The molecule has 9 heteroatoms. The Morgan fingerprint density at radius 1 is 1.15 bits per heavy atom. The molecule has 0 aliphatic carbocycles. The molecule has 1 aliphatic heterocycles. The van der Waals surface area contributed by atoms with Crippen LogP contribution in [0.1, 0.15) is 32.8 Å². The van der Waals surface area contributed by atoms with Crippen molar-refractivity contribution in [3.05, 3.63) is 35.9 Å².